The summed E-state index contributed by atoms with van der Waals surface area (Å²) in [5.74, 6) is 0. The Morgan fingerprint density at radius 3 is 2.03 bits per heavy atom. The van der Waals surface area contributed by atoms with Crippen molar-refractivity contribution in [1.29, 1.82) is 0 Å². The van der Waals surface area contributed by atoms with E-state index < -0.39 is 79.8 Å². The first-order valence-electron chi connectivity index (χ1n) is 11.1. The van der Waals surface area contributed by atoms with Gasteiger partial charge < -0.3 is 24.0 Å². The SMILES string of the molecule is Cc1cn(C2CC(F)C(CP(=O)(O)OC3CC(n4cc(C)c(=O)[nH]c4=O)OC3CO)O2)c(=O)[nH]c1=O. The summed E-state index contributed by atoms with van der Waals surface area (Å²) in [5.41, 5.74) is -2.30. The second-order valence-corrected chi connectivity index (χ2v) is 10.7. The zero-order chi connectivity index (χ0) is 26.4. The number of halogens is 1. The smallest absolute Gasteiger partial charge is 0.331 e. The van der Waals surface area contributed by atoms with E-state index in [9.17, 15) is 38.1 Å². The van der Waals surface area contributed by atoms with Crippen LogP contribution in [-0.4, -0.2) is 66.4 Å². The molecule has 0 radical (unpaired) electrons. The number of aryl methyl sites for hydroxylation is 2. The third-order valence-corrected chi connectivity index (χ3v) is 7.57. The van der Waals surface area contributed by atoms with Crippen LogP contribution in [0, 0.1) is 13.8 Å². The van der Waals surface area contributed by atoms with Gasteiger partial charge in [-0.25, -0.2) is 14.0 Å². The first-order chi connectivity index (χ1) is 16.9. The molecule has 4 N–H and O–H groups in total. The van der Waals surface area contributed by atoms with Crippen LogP contribution in [0.5, 0.6) is 0 Å². The standard InChI is InChI=1S/C20H26FN4O10P/c1-9-5-24(19(29)22-17(9)27)15-3-11(21)14(34-15)8-36(31,32)35-12-4-16(33-13(12)7-26)25-6-10(2)18(28)23-20(25)30/h5-6,11-16,26H,3-4,7-8H2,1-2H3,(H,31,32)(H,22,27,29)(H,23,28,30). The number of aromatic nitrogens is 4. The van der Waals surface area contributed by atoms with E-state index >= 15 is 0 Å². The molecule has 0 aliphatic carbocycles. The molecular weight excluding hydrogens is 506 g/mol. The van der Waals surface area contributed by atoms with Gasteiger partial charge in [0, 0.05) is 36.4 Å². The number of hydrogen-bond donors (Lipinski definition) is 4. The molecule has 2 aliphatic rings. The minimum atomic E-state index is -4.52. The van der Waals surface area contributed by atoms with Crippen molar-refractivity contribution in [2.75, 3.05) is 12.8 Å². The zero-order valence-electron chi connectivity index (χ0n) is 19.3. The van der Waals surface area contributed by atoms with Gasteiger partial charge in [0.1, 0.15) is 30.8 Å². The second-order valence-electron chi connectivity index (χ2n) is 8.85. The lowest BCUT2D eigenvalue weighted by atomic mass is 10.2. The van der Waals surface area contributed by atoms with Crippen molar-refractivity contribution in [2.45, 2.75) is 63.6 Å². The van der Waals surface area contributed by atoms with E-state index in [-0.39, 0.29) is 24.0 Å². The summed E-state index contributed by atoms with van der Waals surface area (Å²) in [6, 6.07) is 0. The molecule has 2 fully saturated rings. The predicted molar refractivity (Wildman–Crippen MR) is 121 cm³/mol. The van der Waals surface area contributed by atoms with Gasteiger partial charge in [-0.1, -0.05) is 0 Å². The average Bonchev–Trinajstić information content (AvgIpc) is 3.35. The largest absolute Gasteiger partial charge is 0.394 e. The van der Waals surface area contributed by atoms with Crippen molar-refractivity contribution in [2.24, 2.45) is 0 Å². The van der Waals surface area contributed by atoms with E-state index in [0.29, 0.717) is 0 Å². The fourth-order valence-electron chi connectivity index (χ4n) is 4.25. The average molecular weight is 532 g/mol. The Balaban J connectivity index is 1.45. The number of aliphatic hydroxyl groups is 1. The molecule has 4 rings (SSSR count). The van der Waals surface area contributed by atoms with Crippen LogP contribution in [-0.2, 0) is 18.6 Å². The Morgan fingerprint density at radius 2 is 1.50 bits per heavy atom. The Kier molecular flexibility index (Phi) is 7.33. The van der Waals surface area contributed by atoms with Crippen molar-refractivity contribution in [1.82, 2.24) is 19.1 Å². The lowest BCUT2D eigenvalue weighted by molar-refractivity contribution is -0.0441. The van der Waals surface area contributed by atoms with Crippen molar-refractivity contribution in [3.8, 4) is 0 Å². The van der Waals surface area contributed by atoms with Gasteiger partial charge in [0.25, 0.3) is 11.1 Å². The third-order valence-electron chi connectivity index (χ3n) is 6.15. The number of nitrogens with zero attached hydrogens (tertiary/aromatic N) is 2. The number of aliphatic hydroxyl groups excluding tert-OH is 1. The third kappa shape index (κ3) is 5.36. The highest BCUT2D eigenvalue weighted by Gasteiger charge is 2.45. The fraction of sp³-hybridized carbons (Fsp3) is 0.600. The van der Waals surface area contributed by atoms with Crippen molar-refractivity contribution < 1.29 is 33.0 Å². The van der Waals surface area contributed by atoms with Crippen LogP contribution in [0.2, 0.25) is 0 Å². The van der Waals surface area contributed by atoms with Crippen LogP contribution in [0.4, 0.5) is 4.39 Å². The number of alkyl halides is 1. The fourth-order valence-corrected chi connectivity index (χ4v) is 5.75. The molecule has 2 aromatic rings. The summed E-state index contributed by atoms with van der Waals surface area (Å²) in [7, 11) is -4.52. The van der Waals surface area contributed by atoms with Gasteiger partial charge in [-0.3, -0.25) is 33.3 Å². The molecule has 0 amide bonds. The summed E-state index contributed by atoms with van der Waals surface area (Å²) in [6.45, 7) is 2.34. The van der Waals surface area contributed by atoms with Crippen molar-refractivity contribution in [3.63, 3.8) is 0 Å². The van der Waals surface area contributed by atoms with Crippen LogP contribution in [0.15, 0.2) is 31.6 Å². The molecule has 0 spiro atoms. The molecule has 16 heteroatoms. The van der Waals surface area contributed by atoms with Crippen LogP contribution < -0.4 is 22.5 Å². The number of hydrogen-bond acceptors (Lipinski definition) is 9. The molecule has 36 heavy (non-hydrogen) atoms. The highest BCUT2D eigenvalue weighted by Crippen LogP contribution is 2.50. The molecule has 2 aliphatic heterocycles. The van der Waals surface area contributed by atoms with Gasteiger partial charge in [0.2, 0.25) is 0 Å². The Hall–Kier alpha value is -2.68. The Bertz CT molecular complexity index is 1420. The number of nitrogens with one attached hydrogen (secondary N) is 2. The molecule has 0 saturated carbocycles. The quantitative estimate of drug-likeness (QED) is 0.327. The zero-order valence-corrected chi connectivity index (χ0v) is 20.2. The monoisotopic (exact) mass is 532 g/mol. The first kappa shape index (κ1) is 26.4. The topological polar surface area (TPSA) is 195 Å². The molecular formula is C20H26FN4O10P. The number of ether oxygens (including phenoxy) is 2. The summed E-state index contributed by atoms with van der Waals surface area (Å²) in [4.78, 5) is 62.1. The maximum atomic E-state index is 14.7. The van der Waals surface area contributed by atoms with E-state index in [2.05, 4.69) is 9.97 Å². The molecule has 0 aromatic carbocycles. The Labute approximate surface area is 201 Å². The summed E-state index contributed by atoms with van der Waals surface area (Å²) < 4.78 is 46.1. The summed E-state index contributed by atoms with van der Waals surface area (Å²) in [6.07, 6.45) is -6.07. The van der Waals surface area contributed by atoms with Crippen LogP contribution in [0.25, 0.3) is 0 Å². The number of aromatic amines is 2. The van der Waals surface area contributed by atoms with Crippen molar-refractivity contribution in [3.05, 3.63) is 65.2 Å². The van der Waals surface area contributed by atoms with E-state index in [1.807, 2.05) is 0 Å². The molecule has 0 bridgehead atoms. The van der Waals surface area contributed by atoms with E-state index in [1.165, 1.54) is 26.2 Å². The molecule has 198 valence electrons. The molecule has 7 atom stereocenters. The van der Waals surface area contributed by atoms with Crippen LogP contribution in [0.1, 0.15) is 36.4 Å². The van der Waals surface area contributed by atoms with Gasteiger partial charge in [-0.15, -0.1) is 0 Å². The first-order valence-corrected chi connectivity index (χ1v) is 12.8. The second kappa shape index (κ2) is 10.00. The number of rotatable bonds is 7. The molecule has 7 unspecified atom stereocenters. The minimum Gasteiger partial charge on any atom is -0.394 e. The normalized spacial score (nSPS) is 29.9. The lowest BCUT2D eigenvalue weighted by Crippen LogP contribution is -2.33. The van der Waals surface area contributed by atoms with E-state index in [1.54, 1.807) is 0 Å². The van der Waals surface area contributed by atoms with Crippen LogP contribution in [0.3, 0.4) is 0 Å². The molecule has 4 heterocycles. The van der Waals surface area contributed by atoms with E-state index in [0.717, 1.165) is 9.13 Å². The summed E-state index contributed by atoms with van der Waals surface area (Å²) >= 11 is 0. The van der Waals surface area contributed by atoms with Crippen LogP contribution >= 0.6 is 7.60 Å². The minimum absolute atomic E-state index is 0.111. The Morgan fingerprint density at radius 1 is 1.00 bits per heavy atom. The number of H-pyrrole nitrogens is 2. The maximum absolute atomic E-state index is 14.7. The van der Waals surface area contributed by atoms with Gasteiger partial charge in [0.15, 0.2) is 0 Å². The molecule has 2 aromatic heterocycles. The van der Waals surface area contributed by atoms with Gasteiger partial charge in [0.05, 0.1) is 18.9 Å². The van der Waals surface area contributed by atoms with E-state index in [4.69, 9.17) is 14.0 Å². The highest BCUT2D eigenvalue weighted by atomic mass is 31.2. The molecule has 14 nitrogen and oxygen atoms in total. The van der Waals surface area contributed by atoms with Crippen molar-refractivity contribution >= 4 is 7.60 Å². The van der Waals surface area contributed by atoms with Gasteiger partial charge >= 0.3 is 19.0 Å². The lowest BCUT2D eigenvalue weighted by Gasteiger charge is -2.23. The molecule has 2 saturated heterocycles. The van der Waals surface area contributed by atoms with Gasteiger partial charge in [-0.05, 0) is 13.8 Å². The summed E-state index contributed by atoms with van der Waals surface area (Å²) in [5, 5.41) is 9.66. The maximum Gasteiger partial charge on any atom is 0.331 e. The van der Waals surface area contributed by atoms with Gasteiger partial charge in [-0.2, -0.15) is 0 Å². The highest BCUT2D eigenvalue weighted by molar-refractivity contribution is 7.52. The predicted octanol–water partition coefficient (Wildman–Crippen LogP) is -0.820.